The summed E-state index contributed by atoms with van der Waals surface area (Å²) in [4.78, 5) is 2.51. The molecular weight excluding hydrogens is 254 g/mol. The summed E-state index contributed by atoms with van der Waals surface area (Å²) >= 11 is 0. The number of piperidine rings is 1. The van der Waals surface area contributed by atoms with E-state index < -0.39 is 0 Å². The second-order valence-electron chi connectivity index (χ2n) is 5.51. The van der Waals surface area contributed by atoms with Crippen LogP contribution in [0.1, 0.15) is 43.7 Å². The van der Waals surface area contributed by atoms with E-state index in [1.165, 1.54) is 42.7 Å². The van der Waals surface area contributed by atoms with E-state index >= 15 is 0 Å². The molecule has 2 aromatic carbocycles. The Labute approximate surface area is 129 Å². The Morgan fingerprint density at radius 3 is 1.95 bits per heavy atom. The highest BCUT2D eigenvalue weighted by atomic mass is 15.1. The summed E-state index contributed by atoms with van der Waals surface area (Å²) in [6.07, 6.45) is 2.52. The molecular formula is C20H27N. The van der Waals surface area contributed by atoms with Crippen LogP contribution in [0.15, 0.2) is 54.6 Å². The van der Waals surface area contributed by atoms with Gasteiger partial charge < -0.3 is 4.90 Å². The van der Waals surface area contributed by atoms with Crippen LogP contribution in [0.5, 0.6) is 0 Å². The lowest BCUT2D eigenvalue weighted by Crippen LogP contribution is -2.32. The summed E-state index contributed by atoms with van der Waals surface area (Å²) in [6, 6.07) is 19.9. The summed E-state index contributed by atoms with van der Waals surface area (Å²) < 4.78 is 0. The molecule has 0 radical (unpaired) electrons. The quantitative estimate of drug-likeness (QED) is 0.712. The molecule has 1 nitrogen and oxygen atoms in total. The van der Waals surface area contributed by atoms with Crippen molar-refractivity contribution in [3.05, 3.63) is 65.7 Å². The summed E-state index contributed by atoms with van der Waals surface area (Å²) in [6.45, 7) is 8.48. The minimum atomic E-state index is 0.739. The molecule has 0 aliphatic carbocycles. The minimum Gasteiger partial charge on any atom is -0.371 e. The van der Waals surface area contributed by atoms with Crippen molar-refractivity contribution in [1.29, 1.82) is 0 Å². The summed E-state index contributed by atoms with van der Waals surface area (Å²) in [5, 5.41) is 0. The first-order valence-corrected chi connectivity index (χ1v) is 8.19. The summed E-state index contributed by atoms with van der Waals surface area (Å²) in [7, 11) is 0. The minimum absolute atomic E-state index is 0.739. The predicted octanol–water partition coefficient (Wildman–Crippen LogP) is 5.41. The third-order valence-corrected chi connectivity index (χ3v) is 4.17. The average molecular weight is 281 g/mol. The summed E-state index contributed by atoms with van der Waals surface area (Å²) in [5.74, 6) is 0.739. The van der Waals surface area contributed by atoms with Crippen molar-refractivity contribution in [2.24, 2.45) is 0 Å². The van der Waals surface area contributed by atoms with E-state index in [1.807, 2.05) is 13.8 Å². The molecule has 1 aliphatic heterocycles. The van der Waals surface area contributed by atoms with Crippen LogP contribution in [0.3, 0.4) is 0 Å². The van der Waals surface area contributed by atoms with Crippen LogP contribution in [-0.2, 0) is 0 Å². The van der Waals surface area contributed by atoms with E-state index in [9.17, 15) is 0 Å². The van der Waals surface area contributed by atoms with Gasteiger partial charge in [0.25, 0.3) is 0 Å². The number of aryl methyl sites for hydroxylation is 1. The molecule has 1 aliphatic rings. The van der Waals surface area contributed by atoms with Gasteiger partial charge in [-0.3, -0.25) is 0 Å². The standard InChI is InChI=1S/C18H21N.C2H6/c1-15-7-9-18(10-8-15)19-13-11-17(12-14-19)16-5-3-2-4-6-16;1-2/h2-10,17H,11-14H2,1H3;1-2H3. The maximum atomic E-state index is 2.51. The predicted molar refractivity (Wildman–Crippen MR) is 93.2 cm³/mol. The first kappa shape index (κ1) is 15.6. The molecule has 2 aromatic rings. The second-order valence-corrected chi connectivity index (χ2v) is 5.51. The SMILES string of the molecule is CC.Cc1ccc(N2CCC(c3ccccc3)CC2)cc1. The molecule has 0 N–H and O–H groups in total. The second kappa shape index (κ2) is 7.87. The Bertz CT molecular complexity index is 507. The third kappa shape index (κ3) is 4.10. The molecule has 0 saturated carbocycles. The van der Waals surface area contributed by atoms with Gasteiger partial charge in [0.15, 0.2) is 0 Å². The molecule has 0 spiro atoms. The van der Waals surface area contributed by atoms with Crippen LogP contribution >= 0.6 is 0 Å². The number of hydrogen-bond donors (Lipinski definition) is 0. The Kier molecular flexibility index (Phi) is 5.86. The smallest absolute Gasteiger partial charge is 0.0366 e. The van der Waals surface area contributed by atoms with Gasteiger partial charge in [0.05, 0.1) is 0 Å². The normalized spacial score (nSPS) is 15.3. The molecule has 1 fully saturated rings. The monoisotopic (exact) mass is 281 g/mol. The molecule has 112 valence electrons. The van der Waals surface area contributed by atoms with Gasteiger partial charge >= 0.3 is 0 Å². The Balaban J connectivity index is 0.000000774. The van der Waals surface area contributed by atoms with Crippen molar-refractivity contribution in [3.63, 3.8) is 0 Å². The van der Waals surface area contributed by atoms with E-state index in [4.69, 9.17) is 0 Å². The van der Waals surface area contributed by atoms with E-state index in [0.717, 1.165) is 5.92 Å². The van der Waals surface area contributed by atoms with Gasteiger partial charge in [0.1, 0.15) is 0 Å². The van der Waals surface area contributed by atoms with Gasteiger partial charge in [-0.25, -0.2) is 0 Å². The van der Waals surface area contributed by atoms with Crippen molar-refractivity contribution in [1.82, 2.24) is 0 Å². The van der Waals surface area contributed by atoms with Crippen LogP contribution in [0.4, 0.5) is 5.69 Å². The maximum absolute atomic E-state index is 2.51. The first-order chi connectivity index (χ1) is 10.3. The number of nitrogens with zero attached hydrogens (tertiary/aromatic N) is 1. The average Bonchev–Trinajstić information content (AvgIpc) is 2.58. The highest BCUT2D eigenvalue weighted by Crippen LogP contribution is 2.30. The zero-order valence-corrected chi connectivity index (χ0v) is 13.5. The van der Waals surface area contributed by atoms with Crippen molar-refractivity contribution >= 4 is 5.69 Å². The number of anilines is 1. The van der Waals surface area contributed by atoms with E-state index in [-0.39, 0.29) is 0 Å². The van der Waals surface area contributed by atoms with Crippen molar-refractivity contribution in [3.8, 4) is 0 Å². The Morgan fingerprint density at radius 1 is 0.810 bits per heavy atom. The molecule has 21 heavy (non-hydrogen) atoms. The zero-order valence-electron chi connectivity index (χ0n) is 13.5. The van der Waals surface area contributed by atoms with Gasteiger partial charge in [-0.1, -0.05) is 61.9 Å². The lowest BCUT2D eigenvalue weighted by Gasteiger charge is -2.34. The fraction of sp³-hybridized carbons (Fsp3) is 0.400. The molecule has 0 unspecified atom stereocenters. The molecule has 0 aromatic heterocycles. The van der Waals surface area contributed by atoms with Gasteiger partial charge in [0.2, 0.25) is 0 Å². The van der Waals surface area contributed by atoms with Crippen molar-refractivity contribution in [2.75, 3.05) is 18.0 Å². The van der Waals surface area contributed by atoms with E-state index in [1.54, 1.807) is 0 Å². The number of rotatable bonds is 2. The molecule has 1 saturated heterocycles. The van der Waals surface area contributed by atoms with Crippen LogP contribution in [0, 0.1) is 6.92 Å². The van der Waals surface area contributed by atoms with E-state index in [0.29, 0.717) is 0 Å². The maximum Gasteiger partial charge on any atom is 0.0366 e. The number of benzene rings is 2. The number of hydrogen-bond acceptors (Lipinski definition) is 1. The zero-order chi connectivity index (χ0) is 15.1. The van der Waals surface area contributed by atoms with Crippen LogP contribution < -0.4 is 4.90 Å². The van der Waals surface area contributed by atoms with Gasteiger partial charge in [-0.15, -0.1) is 0 Å². The van der Waals surface area contributed by atoms with Crippen molar-refractivity contribution < 1.29 is 0 Å². The lowest BCUT2D eigenvalue weighted by molar-refractivity contribution is 0.505. The fourth-order valence-corrected chi connectivity index (χ4v) is 2.95. The molecule has 0 atom stereocenters. The highest BCUT2D eigenvalue weighted by Gasteiger charge is 2.20. The Morgan fingerprint density at radius 2 is 1.38 bits per heavy atom. The topological polar surface area (TPSA) is 3.24 Å². The lowest BCUT2D eigenvalue weighted by atomic mass is 9.89. The van der Waals surface area contributed by atoms with Crippen molar-refractivity contribution in [2.45, 2.75) is 39.5 Å². The molecule has 0 bridgehead atoms. The van der Waals surface area contributed by atoms with Gasteiger partial charge in [0, 0.05) is 18.8 Å². The van der Waals surface area contributed by atoms with E-state index in [2.05, 4.69) is 66.4 Å². The van der Waals surface area contributed by atoms with Crippen LogP contribution in [0.25, 0.3) is 0 Å². The first-order valence-electron chi connectivity index (χ1n) is 8.19. The van der Waals surface area contributed by atoms with Crippen LogP contribution in [-0.4, -0.2) is 13.1 Å². The largest absolute Gasteiger partial charge is 0.371 e. The third-order valence-electron chi connectivity index (χ3n) is 4.17. The summed E-state index contributed by atoms with van der Waals surface area (Å²) in [5.41, 5.74) is 4.21. The highest BCUT2D eigenvalue weighted by molar-refractivity contribution is 5.48. The Hall–Kier alpha value is -1.76. The molecule has 1 heterocycles. The fourth-order valence-electron chi connectivity index (χ4n) is 2.95. The van der Waals surface area contributed by atoms with Gasteiger partial charge in [-0.05, 0) is 43.4 Å². The molecule has 3 rings (SSSR count). The van der Waals surface area contributed by atoms with Crippen LogP contribution in [0.2, 0.25) is 0 Å². The van der Waals surface area contributed by atoms with Gasteiger partial charge in [-0.2, -0.15) is 0 Å². The molecule has 1 heteroatoms. The molecule has 0 amide bonds.